The van der Waals surface area contributed by atoms with Crippen LogP contribution in [0.2, 0.25) is 0 Å². The quantitative estimate of drug-likeness (QED) is 0.841. The van der Waals surface area contributed by atoms with Crippen molar-refractivity contribution in [2.45, 2.75) is 52.7 Å². The molecule has 1 aliphatic heterocycles. The topological polar surface area (TPSA) is 28.4 Å². The van der Waals surface area contributed by atoms with Crippen molar-refractivity contribution in [3.8, 4) is 0 Å². The molecule has 1 unspecified atom stereocenters. The third-order valence-electron chi connectivity index (χ3n) is 3.85. The van der Waals surface area contributed by atoms with E-state index in [9.17, 15) is 0 Å². The Bertz CT molecular complexity index is 359. The second-order valence-corrected chi connectivity index (χ2v) is 5.70. The average molecular weight is 250 g/mol. The molecule has 102 valence electrons. The second-order valence-electron chi connectivity index (χ2n) is 5.70. The first kappa shape index (κ1) is 13.6. The van der Waals surface area contributed by atoms with Crippen molar-refractivity contribution in [3.05, 3.63) is 23.7 Å². The van der Waals surface area contributed by atoms with Gasteiger partial charge in [0.25, 0.3) is 0 Å². The number of nitrogens with zero attached hydrogens (tertiary/aromatic N) is 1. The summed E-state index contributed by atoms with van der Waals surface area (Å²) in [4.78, 5) is 2.52. The molecule has 1 saturated heterocycles. The van der Waals surface area contributed by atoms with Gasteiger partial charge in [0, 0.05) is 24.7 Å². The molecule has 2 rings (SSSR count). The Labute approximate surface area is 111 Å². The predicted octanol–water partition coefficient (Wildman–Crippen LogP) is 3.01. The molecule has 0 aromatic carbocycles. The summed E-state index contributed by atoms with van der Waals surface area (Å²) < 4.78 is 5.65. The van der Waals surface area contributed by atoms with E-state index in [1.54, 1.807) is 0 Å². The Morgan fingerprint density at radius 2 is 2.33 bits per heavy atom. The number of hydrogen-bond acceptors (Lipinski definition) is 3. The highest BCUT2D eigenvalue weighted by atomic mass is 16.3. The number of rotatable bonds is 6. The highest BCUT2D eigenvalue weighted by Crippen LogP contribution is 2.22. The lowest BCUT2D eigenvalue weighted by Gasteiger charge is -2.15. The van der Waals surface area contributed by atoms with Crippen LogP contribution in [0.1, 0.15) is 44.9 Å². The van der Waals surface area contributed by atoms with Gasteiger partial charge in [-0.2, -0.15) is 0 Å². The molecule has 0 amide bonds. The molecule has 3 nitrogen and oxygen atoms in total. The summed E-state index contributed by atoms with van der Waals surface area (Å²) in [5, 5.41) is 3.45. The molecule has 1 atom stereocenters. The molecule has 0 bridgehead atoms. The zero-order chi connectivity index (χ0) is 13.0. The molecule has 3 heteroatoms. The maximum absolute atomic E-state index is 5.65. The molecule has 1 aromatic rings. The normalized spacial score (nSPS) is 21.0. The lowest BCUT2D eigenvalue weighted by molar-refractivity contribution is 0.283. The Kier molecular flexibility index (Phi) is 4.84. The minimum Gasteiger partial charge on any atom is -0.468 e. The monoisotopic (exact) mass is 250 g/mol. The van der Waals surface area contributed by atoms with E-state index in [0.717, 1.165) is 24.8 Å². The SMILES string of the molecule is CCC1CCN(Cc2occc2CNC(C)C)C1. The first-order valence-corrected chi connectivity index (χ1v) is 7.20. The highest BCUT2D eigenvalue weighted by molar-refractivity contribution is 5.17. The molecule has 18 heavy (non-hydrogen) atoms. The molecule has 0 spiro atoms. The average Bonchev–Trinajstić information content (AvgIpc) is 2.96. The fourth-order valence-corrected chi connectivity index (χ4v) is 2.57. The summed E-state index contributed by atoms with van der Waals surface area (Å²) >= 11 is 0. The lowest BCUT2D eigenvalue weighted by Crippen LogP contribution is -2.24. The molecule has 0 saturated carbocycles. The Morgan fingerprint density at radius 3 is 3.00 bits per heavy atom. The van der Waals surface area contributed by atoms with Crippen LogP contribution in [0.3, 0.4) is 0 Å². The third-order valence-corrected chi connectivity index (χ3v) is 3.85. The van der Waals surface area contributed by atoms with E-state index in [-0.39, 0.29) is 0 Å². The molecule has 1 aliphatic rings. The van der Waals surface area contributed by atoms with Crippen LogP contribution in [0, 0.1) is 5.92 Å². The maximum Gasteiger partial charge on any atom is 0.122 e. The second kappa shape index (κ2) is 6.39. The highest BCUT2D eigenvalue weighted by Gasteiger charge is 2.22. The molecule has 1 aromatic heterocycles. The van der Waals surface area contributed by atoms with Crippen molar-refractivity contribution in [3.63, 3.8) is 0 Å². The Hall–Kier alpha value is -0.800. The Balaban J connectivity index is 1.87. The van der Waals surface area contributed by atoms with E-state index in [1.165, 1.54) is 31.5 Å². The van der Waals surface area contributed by atoms with Crippen molar-refractivity contribution < 1.29 is 4.42 Å². The van der Waals surface area contributed by atoms with Crippen LogP contribution in [0.4, 0.5) is 0 Å². The van der Waals surface area contributed by atoms with E-state index < -0.39 is 0 Å². The molecule has 2 heterocycles. The van der Waals surface area contributed by atoms with Gasteiger partial charge in [0.2, 0.25) is 0 Å². The maximum atomic E-state index is 5.65. The van der Waals surface area contributed by atoms with Crippen molar-refractivity contribution in [1.82, 2.24) is 10.2 Å². The summed E-state index contributed by atoms with van der Waals surface area (Å²) in [6.07, 6.45) is 4.47. The zero-order valence-electron chi connectivity index (χ0n) is 11.9. The van der Waals surface area contributed by atoms with Crippen LogP contribution >= 0.6 is 0 Å². The van der Waals surface area contributed by atoms with E-state index in [2.05, 4.69) is 37.1 Å². The van der Waals surface area contributed by atoms with Gasteiger partial charge in [-0.15, -0.1) is 0 Å². The molecule has 0 radical (unpaired) electrons. The van der Waals surface area contributed by atoms with Gasteiger partial charge in [0.1, 0.15) is 5.76 Å². The molecular weight excluding hydrogens is 224 g/mol. The van der Waals surface area contributed by atoms with Gasteiger partial charge in [-0.25, -0.2) is 0 Å². The van der Waals surface area contributed by atoms with Gasteiger partial charge in [0.05, 0.1) is 12.8 Å². The fraction of sp³-hybridized carbons (Fsp3) is 0.733. The van der Waals surface area contributed by atoms with E-state index in [0.29, 0.717) is 6.04 Å². The van der Waals surface area contributed by atoms with Gasteiger partial charge in [-0.1, -0.05) is 27.2 Å². The summed E-state index contributed by atoms with van der Waals surface area (Å²) in [7, 11) is 0. The minimum atomic E-state index is 0.518. The number of likely N-dealkylation sites (tertiary alicyclic amines) is 1. The smallest absolute Gasteiger partial charge is 0.122 e. The van der Waals surface area contributed by atoms with Gasteiger partial charge in [0.15, 0.2) is 0 Å². The predicted molar refractivity (Wildman–Crippen MR) is 74.4 cm³/mol. The van der Waals surface area contributed by atoms with E-state index in [1.807, 2.05) is 6.26 Å². The zero-order valence-corrected chi connectivity index (χ0v) is 11.9. The largest absolute Gasteiger partial charge is 0.468 e. The summed E-state index contributed by atoms with van der Waals surface area (Å²) in [6.45, 7) is 11.0. The van der Waals surface area contributed by atoms with Crippen molar-refractivity contribution >= 4 is 0 Å². The lowest BCUT2D eigenvalue weighted by atomic mass is 10.1. The summed E-state index contributed by atoms with van der Waals surface area (Å²) in [5.41, 5.74) is 1.31. The van der Waals surface area contributed by atoms with Gasteiger partial charge < -0.3 is 9.73 Å². The van der Waals surface area contributed by atoms with Gasteiger partial charge in [-0.05, 0) is 24.9 Å². The minimum absolute atomic E-state index is 0.518. The van der Waals surface area contributed by atoms with Crippen LogP contribution < -0.4 is 5.32 Å². The summed E-state index contributed by atoms with van der Waals surface area (Å²) in [6, 6.07) is 2.61. The van der Waals surface area contributed by atoms with Crippen molar-refractivity contribution in [2.24, 2.45) is 5.92 Å². The Morgan fingerprint density at radius 1 is 1.50 bits per heavy atom. The standard InChI is InChI=1S/C15H26N2O/c1-4-13-5-7-17(10-13)11-15-14(6-8-18-15)9-16-12(2)3/h6,8,12-13,16H,4-5,7,9-11H2,1-3H3. The van der Waals surface area contributed by atoms with Crippen LogP contribution in [0.5, 0.6) is 0 Å². The first-order chi connectivity index (χ1) is 8.69. The van der Waals surface area contributed by atoms with Crippen molar-refractivity contribution in [1.29, 1.82) is 0 Å². The first-order valence-electron chi connectivity index (χ1n) is 7.20. The summed E-state index contributed by atoms with van der Waals surface area (Å²) in [5.74, 6) is 2.03. The van der Waals surface area contributed by atoms with Crippen LogP contribution in [-0.2, 0) is 13.1 Å². The number of nitrogens with one attached hydrogen (secondary N) is 1. The van der Waals surface area contributed by atoms with Gasteiger partial charge >= 0.3 is 0 Å². The number of furan rings is 1. The molecule has 1 fully saturated rings. The van der Waals surface area contributed by atoms with Crippen LogP contribution in [0.25, 0.3) is 0 Å². The van der Waals surface area contributed by atoms with E-state index in [4.69, 9.17) is 4.42 Å². The van der Waals surface area contributed by atoms with Gasteiger partial charge in [-0.3, -0.25) is 4.90 Å². The van der Waals surface area contributed by atoms with Crippen LogP contribution in [0.15, 0.2) is 16.7 Å². The third kappa shape index (κ3) is 3.59. The van der Waals surface area contributed by atoms with Crippen LogP contribution in [-0.4, -0.2) is 24.0 Å². The van der Waals surface area contributed by atoms with Crippen molar-refractivity contribution in [2.75, 3.05) is 13.1 Å². The fourth-order valence-electron chi connectivity index (χ4n) is 2.57. The molecule has 1 N–H and O–H groups in total. The molecule has 0 aliphatic carbocycles. The van der Waals surface area contributed by atoms with E-state index >= 15 is 0 Å². The molecular formula is C15H26N2O. The number of hydrogen-bond donors (Lipinski definition) is 1.